The number of hydrogen-bond donors (Lipinski definition) is 1. The van der Waals surface area contributed by atoms with E-state index >= 15 is 0 Å². The zero-order chi connectivity index (χ0) is 17.2. The van der Waals surface area contributed by atoms with Crippen molar-refractivity contribution in [2.45, 2.75) is 44.8 Å². The van der Waals surface area contributed by atoms with Crippen LogP contribution >= 0.6 is 12.4 Å². The van der Waals surface area contributed by atoms with Crippen LogP contribution in [0.4, 0.5) is 0 Å². The van der Waals surface area contributed by atoms with Gasteiger partial charge in [-0.1, -0.05) is 37.3 Å². The zero-order valence-corrected chi connectivity index (χ0v) is 16.0. The van der Waals surface area contributed by atoms with Gasteiger partial charge in [-0.2, -0.15) is 0 Å². The highest BCUT2D eigenvalue weighted by molar-refractivity contribution is 7.90. The smallest absolute Gasteiger partial charge is 0.227 e. The highest BCUT2D eigenvalue weighted by Crippen LogP contribution is 2.32. The summed E-state index contributed by atoms with van der Waals surface area (Å²) < 4.78 is 23.1. The lowest BCUT2D eigenvalue weighted by Crippen LogP contribution is -2.47. The second kappa shape index (κ2) is 8.32. The average Bonchev–Trinajstić information content (AvgIpc) is 3.29. The first-order valence-electron chi connectivity index (χ1n) is 8.01. The molecule has 3 atom stereocenters. The number of halogens is 1. The van der Waals surface area contributed by atoms with Crippen LogP contribution < -0.4 is 5.73 Å². The van der Waals surface area contributed by atoms with Gasteiger partial charge in [0, 0.05) is 24.4 Å². The minimum atomic E-state index is -3.13. The lowest BCUT2D eigenvalue weighted by Gasteiger charge is -2.33. The van der Waals surface area contributed by atoms with Crippen LogP contribution in [0.25, 0.3) is 0 Å². The van der Waals surface area contributed by atoms with Crippen LogP contribution in [0.1, 0.15) is 38.3 Å². The molecular formula is C17H27ClN2O3S. The Morgan fingerprint density at radius 2 is 1.79 bits per heavy atom. The predicted molar refractivity (Wildman–Crippen MR) is 98.8 cm³/mol. The summed E-state index contributed by atoms with van der Waals surface area (Å²) in [7, 11) is -3.13. The van der Waals surface area contributed by atoms with Gasteiger partial charge in [-0.05, 0) is 25.3 Å². The number of rotatable bonds is 7. The van der Waals surface area contributed by atoms with E-state index in [9.17, 15) is 13.2 Å². The summed E-state index contributed by atoms with van der Waals surface area (Å²) in [6.07, 6.45) is 3.08. The zero-order valence-electron chi connectivity index (χ0n) is 14.4. The van der Waals surface area contributed by atoms with Gasteiger partial charge in [0.2, 0.25) is 5.91 Å². The van der Waals surface area contributed by atoms with Gasteiger partial charge in [-0.15, -0.1) is 12.4 Å². The summed E-state index contributed by atoms with van der Waals surface area (Å²) in [6.45, 7) is 3.63. The van der Waals surface area contributed by atoms with Crippen molar-refractivity contribution in [1.82, 2.24) is 4.90 Å². The maximum absolute atomic E-state index is 12.9. The SMILES string of the molecule is CC(C(=O)N(C(C)CS(C)(=O)=O)C1CC1)C(N)c1ccccc1.Cl. The summed E-state index contributed by atoms with van der Waals surface area (Å²) in [5, 5.41) is 0. The third-order valence-corrected chi connectivity index (χ3v) is 5.41. The van der Waals surface area contributed by atoms with Gasteiger partial charge in [0.1, 0.15) is 9.84 Å². The molecule has 0 bridgehead atoms. The molecule has 1 aromatic carbocycles. The minimum Gasteiger partial charge on any atom is -0.336 e. The number of benzene rings is 1. The Morgan fingerprint density at radius 3 is 2.25 bits per heavy atom. The van der Waals surface area contributed by atoms with E-state index < -0.39 is 15.9 Å². The summed E-state index contributed by atoms with van der Waals surface area (Å²) >= 11 is 0. The Morgan fingerprint density at radius 1 is 1.25 bits per heavy atom. The fourth-order valence-corrected chi connectivity index (χ4v) is 4.02. The Balaban J connectivity index is 0.00000288. The minimum absolute atomic E-state index is 0. The van der Waals surface area contributed by atoms with Crippen molar-refractivity contribution in [2.24, 2.45) is 11.7 Å². The van der Waals surface area contributed by atoms with Crippen LogP contribution in [0.2, 0.25) is 0 Å². The van der Waals surface area contributed by atoms with Crippen molar-refractivity contribution >= 4 is 28.2 Å². The van der Waals surface area contributed by atoms with E-state index in [0.717, 1.165) is 18.4 Å². The van der Waals surface area contributed by atoms with Gasteiger partial charge in [0.15, 0.2) is 0 Å². The standard InChI is InChI=1S/C17H26N2O3S.ClH/c1-12(11-23(3,21)22)19(15-9-10-15)17(20)13(2)16(18)14-7-5-4-6-8-14;/h4-8,12-13,15-16H,9-11,18H2,1-3H3;1H. The van der Waals surface area contributed by atoms with Crippen LogP contribution in [0, 0.1) is 5.92 Å². The first-order valence-corrected chi connectivity index (χ1v) is 10.1. The molecule has 136 valence electrons. The number of carbonyl (C=O) groups excluding carboxylic acids is 1. The van der Waals surface area contributed by atoms with E-state index in [1.54, 1.807) is 11.8 Å². The molecule has 0 radical (unpaired) electrons. The van der Waals surface area contributed by atoms with Crippen molar-refractivity contribution in [1.29, 1.82) is 0 Å². The topological polar surface area (TPSA) is 80.5 Å². The molecule has 1 saturated carbocycles. The predicted octanol–water partition coefficient (Wildman–Crippen LogP) is 2.17. The van der Waals surface area contributed by atoms with E-state index in [2.05, 4.69) is 0 Å². The monoisotopic (exact) mass is 374 g/mol. The first-order chi connectivity index (χ1) is 10.7. The Hall–Kier alpha value is -1.11. The summed E-state index contributed by atoms with van der Waals surface area (Å²) in [4.78, 5) is 14.7. The summed E-state index contributed by atoms with van der Waals surface area (Å²) in [5.41, 5.74) is 7.18. The van der Waals surface area contributed by atoms with E-state index in [-0.39, 0.29) is 42.1 Å². The van der Waals surface area contributed by atoms with Crippen LogP contribution in [0.3, 0.4) is 0 Å². The third-order valence-electron chi connectivity index (χ3n) is 4.33. The molecule has 0 spiro atoms. The van der Waals surface area contributed by atoms with Crippen LogP contribution in [0.15, 0.2) is 30.3 Å². The number of amides is 1. The number of hydrogen-bond acceptors (Lipinski definition) is 4. The maximum atomic E-state index is 12.9. The number of nitrogens with two attached hydrogens (primary N) is 1. The molecule has 24 heavy (non-hydrogen) atoms. The first kappa shape index (κ1) is 20.9. The third kappa shape index (κ3) is 5.46. The molecule has 0 heterocycles. The van der Waals surface area contributed by atoms with E-state index in [1.807, 2.05) is 37.3 Å². The molecule has 1 amide bonds. The second-order valence-electron chi connectivity index (χ2n) is 6.64. The van der Waals surface area contributed by atoms with E-state index in [1.165, 1.54) is 6.26 Å². The summed E-state index contributed by atoms with van der Waals surface area (Å²) in [6, 6.07) is 8.98. The highest BCUT2D eigenvalue weighted by atomic mass is 35.5. The highest BCUT2D eigenvalue weighted by Gasteiger charge is 2.39. The molecule has 0 saturated heterocycles. The molecule has 5 nitrogen and oxygen atoms in total. The van der Waals surface area contributed by atoms with Crippen LogP contribution in [-0.4, -0.2) is 43.3 Å². The fraction of sp³-hybridized carbons (Fsp3) is 0.588. The van der Waals surface area contributed by atoms with Gasteiger partial charge in [-0.3, -0.25) is 4.79 Å². The second-order valence-corrected chi connectivity index (χ2v) is 8.83. The fourth-order valence-electron chi connectivity index (χ4n) is 2.98. The molecule has 3 unspecified atom stereocenters. The number of nitrogens with zero attached hydrogens (tertiary/aromatic N) is 1. The Labute approximate surface area is 150 Å². The van der Waals surface area contributed by atoms with Gasteiger partial charge < -0.3 is 10.6 Å². The molecule has 1 aromatic rings. The lowest BCUT2D eigenvalue weighted by molar-refractivity contribution is -0.138. The molecule has 1 fully saturated rings. The van der Waals surface area contributed by atoms with Gasteiger partial charge in [0.05, 0.1) is 11.7 Å². The quantitative estimate of drug-likeness (QED) is 0.793. The molecule has 0 aromatic heterocycles. The van der Waals surface area contributed by atoms with Gasteiger partial charge >= 0.3 is 0 Å². The van der Waals surface area contributed by atoms with Crippen molar-refractivity contribution in [3.05, 3.63) is 35.9 Å². The maximum Gasteiger partial charge on any atom is 0.227 e. The molecular weight excluding hydrogens is 348 g/mol. The van der Waals surface area contributed by atoms with Crippen LogP contribution in [0.5, 0.6) is 0 Å². The number of sulfone groups is 1. The van der Waals surface area contributed by atoms with Gasteiger partial charge in [0.25, 0.3) is 0 Å². The van der Waals surface area contributed by atoms with Crippen LogP contribution in [-0.2, 0) is 14.6 Å². The molecule has 2 N–H and O–H groups in total. The summed E-state index contributed by atoms with van der Waals surface area (Å²) in [5.74, 6) is -0.456. The Bertz CT molecular complexity index is 647. The molecule has 7 heteroatoms. The van der Waals surface area contributed by atoms with Crippen molar-refractivity contribution in [3.63, 3.8) is 0 Å². The molecule has 1 aliphatic carbocycles. The molecule has 2 rings (SSSR count). The largest absolute Gasteiger partial charge is 0.336 e. The van der Waals surface area contributed by atoms with E-state index in [0.29, 0.717) is 0 Å². The average molecular weight is 375 g/mol. The normalized spacial score (nSPS) is 18.2. The van der Waals surface area contributed by atoms with Gasteiger partial charge in [-0.25, -0.2) is 8.42 Å². The van der Waals surface area contributed by atoms with E-state index in [4.69, 9.17) is 5.73 Å². The number of carbonyl (C=O) groups is 1. The lowest BCUT2D eigenvalue weighted by atomic mass is 9.93. The van der Waals surface area contributed by atoms with Crippen molar-refractivity contribution in [3.8, 4) is 0 Å². The Kier molecular flexibility index (Phi) is 7.25. The van der Waals surface area contributed by atoms with Crippen molar-refractivity contribution in [2.75, 3.05) is 12.0 Å². The molecule has 0 aliphatic heterocycles. The van der Waals surface area contributed by atoms with Crippen molar-refractivity contribution < 1.29 is 13.2 Å². The molecule has 1 aliphatic rings.